The lowest BCUT2D eigenvalue weighted by Gasteiger charge is -2.12. The zero-order valence-corrected chi connectivity index (χ0v) is 8.04. The van der Waals surface area contributed by atoms with Crippen molar-refractivity contribution in [1.29, 1.82) is 0 Å². The van der Waals surface area contributed by atoms with E-state index in [4.69, 9.17) is 14.6 Å². The van der Waals surface area contributed by atoms with Gasteiger partial charge in [-0.2, -0.15) is 0 Å². The van der Waals surface area contributed by atoms with Gasteiger partial charge in [-0.3, -0.25) is 0 Å². The Labute approximate surface area is 74.0 Å². The highest BCUT2D eigenvalue weighted by atomic mass is 16.7. The second kappa shape index (κ2) is 7.28. The van der Waals surface area contributed by atoms with Crippen LogP contribution in [0.1, 0.15) is 19.8 Å². The van der Waals surface area contributed by atoms with Crippen molar-refractivity contribution < 1.29 is 14.6 Å². The predicted molar refractivity (Wildman–Crippen MR) is 47.9 cm³/mol. The van der Waals surface area contributed by atoms with E-state index in [0.717, 1.165) is 18.4 Å². The molecular weight excluding hydrogens is 156 g/mol. The van der Waals surface area contributed by atoms with E-state index < -0.39 is 0 Å². The van der Waals surface area contributed by atoms with Crippen LogP contribution in [0, 0.1) is 0 Å². The molecule has 0 fully saturated rings. The summed E-state index contributed by atoms with van der Waals surface area (Å²) >= 11 is 0. The van der Waals surface area contributed by atoms with Crippen LogP contribution in [0.4, 0.5) is 0 Å². The largest absolute Gasteiger partial charge is 0.392 e. The summed E-state index contributed by atoms with van der Waals surface area (Å²) < 4.78 is 10.0. The van der Waals surface area contributed by atoms with Gasteiger partial charge in [0.05, 0.1) is 6.61 Å². The maximum atomic E-state index is 8.58. The zero-order valence-electron chi connectivity index (χ0n) is 8.04. The minimum atomic E-state index is -0.132. The molecule has 72 valence electrons. The van der Waals surface area contributed by atoms with Gasteiger partial charge in [0, 0.05) is 20.6 Å². The number of ether oxygens (including phenoxy) is 2. The average Bonchev–Trinajstić information content (AvgIpc) is 2.07. The summed E-state index contributed by atoms with van der Waals surface area (Å²) in [5.41, 5.74) is 1.16. The molecule has 0 aromatic rings. The summed E-state index contributed by atoms with van der Waals surface area (Å²) in [6, 6.07) is 0. The van der Waals surface area contributed by atoms with E-state index in [1.165, 1.54) is 0 Å². The van der Waals surface area contributed by atoms with E-state index in [9.17, 15) is 0 Å². The Kier molecular flexibility index (Phi) is 7.05. The number of hydrogen-bond donors (Lipinski definition) is 1. The third kappa shape index (κ3) is 5.29. The molecule has 0 bridgehead atoms. The predicted octanol–water partition coefficient (Wildman–Crippen LogP) is 1.32. The first kappa shape index (κ1) is 11.6. The fraction of sp³-hybridized carbons (Fsp3) is 0.778. The maximum absolute atomic E-state index is 8.58. The van der Waals surface area contributed by atoms with Crippen molar-refractivity contribution in [3.8, 4) is 0 Å². The summed E-state index contributed by atoms with van der Waals surface area (Å²) in [6.07, 6.45) is 3.39. The van der Waals surface area contributed by atoms with Crippen LogP contribution >= 0.6 is 0 Å². The SMILES string of the molecule is COC(CC/C(C)=C\CO)OC. The van der Waals surface area contributed by atoms with Crippen molar-refractivity contribution in [2.75, 3.05) is 20.8 Å². The Morgan fingerprint density at radius 3 is 2.42 bits per heavy atom. The number of allylic oxidation sites excluding steroid dienone is 1. The van der Waals surface area contributed by atoms with Crippen molar-refractivity contribution in [2.24, 2.45) is 0 Å². The Hall–Kier alpha value is -0.380. The normalized spacial score (nSPS) is 12.6. The Morgan fingerprint density at radius 1 is 1.42 bits per heavy atom. The number of aliphatic hydroxyl groups excluding tert-OH is 1. The number of methoxy groups -OCH3 is 2. The molecule has 0 aliphatic rings. The van der Waals surface area contributed by atoms with Crippen LogP contribution < -0.4 is 0 Å². The van der Waals surface area contributed by atoms with Crippen molar-refractivity contribution in [3.63, 3.8) is 0 Å². The Bertz CT molecular complexity index is 128. The van der Waals surface area contributed by atoms with Crippen LogP contribution in [-0.2, 0) is 9.47 Å². The fourth-order valence-corrected chi connectivity index (χ4v) is 0.935. The lowest BCUT2D eigenvalue weighted by molar-refractivity contribution is -0.105. The highest BCUT2D eigenvalue weighted by Crippen LogP contribution is 2.08. The van der Waals surface area contributed by atoms with Gasteiger partial charge in [-0.1, -0.05) is 11.6 Å². The van der Waals surface area contributed by atoms with Gasteiger partial charge in [-0.15, -0.1) is 0 Å². The standard InChI is InChI=1S/C9H18O3/c1-8(6-7-10)4-5-9(11-2)12-3/h6,9-10H,4-5,7H2,1-3H3/b8-6-. The first-order chi connectivity index (χ1) is 5.74. The summed E-state index contributed by atoms with van der Waals surface area (Å²) in [4.78, 5) is 0. The molecule has 0 spiro atoms. The topological polar surface area (TPSA) is 38.7 Å². The van der Waals surface area contributed by atoms with Crippen LogP contribution in [0.2, 0.25) is 0 Å². The molecule has 0 aromatic heterocycles. The lowest BCUT2D eigenvalue weighted by Crippen LogP contribution is -2.12. The lowest BCUT2D eigenvalue weighted by atomic mass is 10.1. The molecule has 0 atom stereocenters. The van der Waals surface area contributed by atoms with Crippen LogP contribution in [0.3, 0.4) is 0 Å². The zero-order chi connectivity index (χ0) is 9.40. The van der Waals surface area contributed by atoms with Gasteiger partial charge in [-0.25, -0.2) is 0 Å². The smallest absolute Gasteiger partial charge is 0.157 e. The summed E-state index contributed by atoms with van der Waals surface area (Å²) in [7, 11) is 3.25. The van der Waals surface area contributed by atoms with Gasteiger partial charge in [0.2, 0.25) is 0 Å². The van der Waals surface area contributed by atoms with Gasteiger partial charge in [0.25, 0.3) is 0 Å². The average molecular weight is 174 g/mol. The summed E-state index contributed by atoms with van der Waals surface area (Å²) in [6.45, 7) is 2.09. The molecule has 0 aliphatic carbocycles. The molecule has 0 aliphatic heterocycles. The highest BCUT2D eigenvalue weighted by molar-refractivity contribution is 4.97. The molecule has 3 nitrogen and oxygen atoms in total. The van der Waals surface area contributed by atoms with Crippen molar-refractivity contribution in [3.05, 3.63) is 11.6 Å². The highest BCUT2D eigenvalue weighted by Gasteiger charge is 2.03. The van der Waals surface area contributed by atoms with E-state index in [1.807, 2.05) is 6.92 Å². The number of hydrogen-bond acceptors (Lipinski definition) is 3. The maximum Gasteiger partial charge on any atom is 0.157 e. The molecule has 0 heterocycles. The Morgan fingerprint density at radius 2 is 2.00 bits per heavy atom. The molecule has 0 radical (unpaired) electrons. The van der Waals surface area contributed by atoms with E-state index in [1.54, 1.807) is 20.3 Å². The Balaban J connectivity index is 3.58. The van der Waals surface area contributed by atoms with Gasteiger partial charge >= 0.3 is 0 Å². The molecular formula is C9H18O3. The third-order valence-corrected chi connectivity index (χ3v) is 1.74. The van der Waals surface area contributed by atoms with Gasteiger partial charge < -0.3 is 14.6 Å². The molecule has 0 aromatic carbocycles. The van der Waals surface area contributed by atoms with Crippen LogP contribution in [0.5, 0.6) is 0 Å². The van der Waals surface area contributed by atoms with Crippen molar-refractivity contribution in [2.45, 2.75) is 26.1 Å². The molecule has 1 N–H and O–H groups in total. The van der Waals surface area contributed by atoms with Gasteiger partial charge in [0.15, 0.2) is 6.29 Å². The molecule has 0 rings (SSSR count). The van der Waals surface area contributed by atoms with Crippen LogP contribution in [0.15, 0.2) is 11.6 Å². The second-order valence-corrected chi connectivity index (χ2v) is 2.67. The second-order valence-electron chi connectivity index (χ2n) is 2.67. The van der Waals surface area contributed by atoms with E-state index in [-0.39, 0.29) is 12.9 Å². The molecule has 0 amide bonds. The molecule has 3 heteroatoms. The first-order valence-electron chi connectivity index (χ1n) is 4.06. The summed E-state index contributed by atoms with van der Waals surface area (Å²) in [5.74, 6) is 0. The minimum absolute atomic E-state index is 0.108. The van der Waals surface area contributed by atoms with Crippen molar-refractivity contribution in [1.82, 2.24) is 0 Å². The van der Waals surface area contributed by atoms with E-state index >= 15 is 0 Å². The fourth-order valence-electron chi connectivity index (χ4n) is 0.935. The molecule has 0 saturated heterocycles. The van der Waals surface area contributed by atoms with Crippen LogP contribution in [0.25, 0.3) is 0 Å². The quantitative estimate of drug-likeness (QED) is 0.487. The van der Waals surface area contributed by atoms with Crippen molar-refractivity contribution >= 4 is 0 Å². The number of rotatable bonds is 6. The minimum Gasteiger partial charge on any atom is -0.392 e. The molecule has 12 heavy (non-hydrogen) atoms. The monoisotopic (exact) mass is 174 g/mol. The summed E-state index contributed by atoms with van der Waals surface area (Å²) in [5, 5.41) is 8.58. The first-order valence-corrected chi connectivity index (χ1v) is 4.06. The molecule has 0 saturated carbocycles. The van der Waals surface area contributed by atoms with Gasteiger partial charge in [0.1, 0.15) is 0 Å². The van der Waals surface area contributed by atoms with Gasteiger partial charge in [-0.05, 0) is 13.3 Å². The third-order valence-electron chi connectivity index (χ3n) is 1.74. The number of aliphatic hydroxyl groups is 1. The molecule has 0 unspecified atom stereocenters. The van der Waals surface area contributed by atoms with E-state index in [2.05, 4.69) is 0 Å². The van der Waals surface area contributed by atoms with Crippen LogP contribution in [-0.4, -0.2) is 32.2 Å². The van der Waals surface area contributed by atoms with E-state index in [0.29, 0.717) is 0 Å².